The van der Waals surface area contributed by atoms with Crippen molar-refractivity contribution in [2.45, 2.75) is 45.6 Å². The molecule has 0 bridgehead atoms. The molecule has 2 heterocycles. The van der Waals surface area contributed by atoms with Crippen LogP contribution in [0.1, 0.15) is 43.8 Å². The van der Waals surface area contributed by atoms with Crippen molar-refractivity contribution in [3.63, 3.8) is 0 Å². The van der Waals surface area contributed by atoms with E-state index in [-0.39, 0.29) is 0 Å². The molecule has 0 aliphatic carbocycles. The van der Waals surface area contributed by atoms with E-state index in [1.165, 1.54) is 0 Å². The number of nitrogens with zero attached hydrogens (tertiary/aromatic N) is 2. The van der Waals surface area contributed by atoms with Gasteiger partial charge in [-0.3, -0.25) is 0 Å². The molecule has 2 rings (SSSR count). The van der Waals surface area contributed by atoms with Crippen LogP contribution in [-0.2, 0) is 21.5 Å². The van der Waals surface area contributed by atoms with E-state index in [1.807, 2.05) is 13.8 Å². The SMILES string of the molecule is CCOC1(c2nc(CC)c(C)c(NN)n2)CCOCC1. The maximum absolute atomic E-state index is 6.02. The van der Waals surface area contributed by atoms with E-state index in [0.29, 0.717) is 25.6 Å². The lowest BCUT2D eigenvalue weighted by Gasteiger charge is -2.36. The molecule has 20 heavy (non-hydrogen) atoms. The molecule has 112 valence electrons. The largest absolute Gasteiger partial charge is 0.381 e. The van der Waals surface area contributed by atoms with Crippen LogP contribution in [0, 0.1) is 6.92 Å². The molecule has 6 heteroatoms. The fraction of sp³-hybridized carbons (Fsp3) is 0.714. The van der Waals surface area contributed by atoms with Crippen LogP contribution in [0.25, 0.3) is 0 Å². The summed E-state index contributed by atoms with van der Waals surface area (Å²) in [5.74, 6) is 6.98. The van der Waals surface area contributed by atoms with Crippen LogP contribution >= 0.6 is 0 Å². The van der Waals surface area contributed by atoms with Crippen molar-refractivity contribution >= 4 is 5.82 Å². The van der Waals surface area contributed by atoms with E-state index in [1.54, 1.807) is 0 Å². The number of hydrogen-bond donors (Lipinski definition) is 2. The highest BCUT2D eigenvalue weighted by Crippen LogP contribution is 2.35. The molecule has 3 N–H and O–H groups in total. The first-order chi connectivity index (χ1) is 9.66. The molecule has 1 aromatic rings. The molecule has 0 saturated carbocycles. The summed E-state index contributed by atoms with van der Waals surface area (Å²) < 4.78 is 11.5. The van der Waals surface area contributed by atoms with Gasteiger partial charge in [-0.2, -0.15) is 0 Å². The second-order valence-electron chi connectivity index (χ2n) is 5.01. The number of aryl methyl sites for hydroxylation is 1. The monoisotopic (exact) mass is 280 g/mol. The molecule has 1 fully saturated rings. The normalized spacial score (nSPS) is 18.0. The summed E-state index contributed by atoms with van der Waals surface area (Å²) in [5.41, 5.74) is 4.23. The fourth-order valence-corrected chi connectivity index (χ4v) is 2.66. The Bertz CT molecular complexity index is 428. The molecule has 0 atom stereocenters. The summed E-state index contributed by atoms with van der Waals surface area (Å²) in [7, 11) is 0. The van der Waals surface area contributed by atoms with Crippen molar-refractivity contribution in [2.75, 3.05) is 25.2 Å². The Kier molecular flexibility index (Phi) is 4.91. The lowest BCUT2D eigenvalue weighted by Crippen LogP contribution is -2.39. The first-order valence-electron chi connectivity index (χ1n) is 7.23. The maximum Gasteiger partial charge on any atom is 0.163 e. The summed E-state index contributed by atoms with van der Waals surface area (Å²) in [5, 5.41) is 0. The molecule has 0 spiro atoms. The van der Waals surface area contributed by atoms with Crippen molar-refractivity contribution in [1.82, 2.24) is 9.97 Å². The number of ether oxygens (including phenoxy) is 2. The topological polar surface area (TPSA) is 82.3 Å². The first-order valence-corrected chi connectivity index (χ1v) is 7.23. The van der Waals surface area contributed by atoms with Crippen LogP contribution in [0.3, 0.4) is 0 Å². The van der Waals surface area contributed by atoms with E-state index < -0.39 is 5.60 Å². The lowest BCUT2D eigenvalue weighted by molar-refractivity contribution is -0.117. The minimum atomic E-state index is -0.448. The van der Waals surface area contributed by atoms with Gasteiger partial charge in [0.25, 0.3) is 0 Å². The van der Waals surface area contributed by atoms with E-state index in [9.17, 15) is 0 Å². The Balaban J connectivity index is 2.47. The third-order valence-electron chi connectivity index (χ3n) is 3.85. The molecule has 1 aliphatic heterocycles. The predicted octanol–water partition coefficient (Wildman–Crippen LogP) is 1.68. The minimum absolute atomic E-state index is 0.448. The number of hydrogen-bond acceptors (Lipinski definition) is 6. The quantitative estimate of drug-likeness (QED) is 0.631. The van der Waals surface area contributed by atoms with Crippen molar-refractivity contribution in [3.05, 3.63) is 17.1 Å². The third kappa shape index (κ3) is 2.77. The molecule has 0 amide bonds. The molecule has 1 aliphatic rings. The van der Waals surface area contributed by atoms with Gasteiger partial charge in [-0.05, 0) is 20.3 Å². The Morgan fingerprint density at radius 3 is 2.55 bits per heavy atom. The van der Waals surface area contributed by atoms with E-state index in [0.717, 1.165) is 36.3 Å². The molecular formula is C14H24N4O2. The highest BCUT2D eigenvalue weighted by Gasteiger charge is 2.38. The minimum Gasteiger partial charge on any atom is -0.381 e. The molecule has 6 nitrogen and oxygen atoms in total. The summed E-state index contributed by atoms with van der Waals surface area (Å²) in [6, 6.07) is 0. The molecule has 1 saturated heterocycles. The zero-order valence-electron chi connectivity index (χ0n) is 12.5. The number of nitrogen functional groups attached to an aromatic ring is 1. The van der Waals surface area contributed by atoms with Gasteiger partial charge in [0.1, 0.15) is 11.4 Å². The van der Waals surface area contributed by atoms with E-state index in [4.69, 9.17) is 20.3 Å². The van der Waals surface area contributed by atoms with Crippen LogP contribution in [0.5, 0.6) is 0 Å². The van der Waals surface area contributed by atoms with Gasteiger partial charge in [-0.1, -0.05) is 6.92 Å². The van der Waals surface area contributed by atoms with Crippen LogP contribution in [0.15, 0.2) is 0 Å². The van der Waals surface area contributed by atoms with E-state index in [2.05, 4.69) is 17.3 Å². The number of nitrogens with two attached hydrogens (primary N) is 1. The number of rotatable bonds is 5. The average molecular weight is 280 g/mol. The van der Waals surface area contributed by atoms with Crippen molar-refractivity contribution in [2.24, 2.45) is 5.84 Å². The average Bonchev–Trinajstić information content (AvgIpc) is 2.48. The standard InChI is InChI=1S/C14H24N4O2/c1-4-11-10(3)12(18-15)17-13(16-11)14(20-5-2)6-8-19-9-7-14/h4-9,15H2,1-3H3,(H,16,17,18). The summed E-state index contributed by atoms with van der Waals surface area (Å²) in [4.78, 5) is 9.31. The molecular weight excluding hydrogens is 256 g/mol. The van der Waals surface area contributed by atoms with Crippen molar-refractivity contribution < 1.29 is 9.47 Å². The van der Waals surface area contributed by atoms with Crippen LogP contribution in [0.2, 0.25) is 0 Å². The van der Waals surface area contributed by atoms with Crippen LogP contribution in [0.4, 0.5) is 5.82 Å². The summed E-state index contributed by atoms with van der Waals surface area (Å²) in [6.45, 7) is 8.03. The maximum atomic E-state index is 6.02. The van der Waals surface area contributed by atoms with Gasteiger partial charge in [0.05, 0.1) is 0 Å². The highest BCUT2D eigenvalue weighted by molar-refractivity contribution is 5.45. The molecule has 0 radical (unpaired) electrons. The number of aromatic nitrogens is 2. The molecule has 1 aromatic heterocycles. The highest BCUT2D eigenvalue weighted by atomic mass is 16.5. The van der Waals surface area contributed by atoms with Gasteiger partial charge in [-0.15, -0.1) is 0 Å². The Morgan fingerprint density at radius 1 is 1.30 bits per heavy atom. The Morgan fingerprint density at radius 2 is 2.00 bits per heavy atom. The zero-order chi connectivity index (χ0) is 14.6. The molecule has 0 unspecified atom stereocenters. The van der Waals surface area contributed by atoms with Crippen molar-refractivity contribution in [1.29, 1.82) is 0 Å². The van der Waals surface area contributed by atoms with Gasteiger partial charge in [0.15, 0.2) is 5.82 Å². The lowest BCUT2D eigenvalue weighted by atomic mass is 9.92. The third-order valence-corrected chi connectivity index (χ3v) is 3.85. The number of hydrazine groups is 1. The Hall–Kier alpha value is -1.24. The van der Waals surface area contributed by atoms with E-state index >= 15 is 0 Å². The molecule has 0 aromatic carbocycles. The zero-order valence-corrected chi connectivity index (χ0v) is 12.5. The first kappa shape index (κ1) is 15.2. The Labute approximate surface area is 120 Å². The fourth-order valence-electron chi connectivity index (χ4n) is 2.66. The number of nitrogens with one attached hydrogen (secondary N) is 1. The van der Waals surface area contributed by atoms with Crippen LogP contribution < -0.4 is 11.3 Å². The van der Waals surface area contributed by atoms with Gasteiger partial charge >= 0.3 is 0 Å². The van der Waals surface area contributed by atoms with Gasteiger partial charge in [0.2, 0.25) is 0 Å². The number of anilines is 1. The summed E-state index contributed by atoms with van der Waals surface area (Å²) >= 11 is 0. The van der Waals surface area contributed by atoms with Gasteiger partial charge in [0, 0.05) is 43.9 Å². The smallest absolute Gasteiger partial charge is 0.163 e. The van der Waals surface area contributed by atoms with Crippen LogP contribution in [-0.4, -0.2) is 29.8 Å². The van der Waals surface area contributed by atoms with Crippen molar-refractivity contribution in [3.8, 4) is 0 Å². The van der Waals surface area contributed by atoms with Gasteiger partial charge in [-0.25, -0.2) is 15.8 Å². The van der Waals surface area contributed by atoms with Gasteiger partial charge < -0.3 is 14.9 Å². The summed E-state index contributed by atoms with van der Waals surface area (Å²) in [6.07, 6.45) is 2.39. The second kappa shape index (κ2) is 6.47. The second-order valence-corrected chi connectivity index (χ2v) is 5.01. The predicted molar refractivity (Wildman–Crippen MR) is 77.3 cm³/mol.